The molecule has 0 atom stereocenters. The van der Waals surface area contributed by atoms with Gasteiger partial charge in [0.1, 0.15) is 11.5 Å². The minimum Gasteiger partial charge on any atom is -0.343 e. The normalized spacial score (nSPS) is 17.0. The smallest absolute Gasteiger partial charge is 0.274 e. The summed E-state index contributed by atoms with van der Waals surface area (Å²) in [4.78, 5) is 56.7. The highest BCUT2D eigenvalue weighted by Gasteiger charge is 2.29. The Hall–Kier alpha value is -3.10. The van der Waals surface area contributed by atoms with E-state index in [-0.39, 0.29) is 35.5 Å². The predicted octanol–water partition coefficient (Wildman–Crippen LogP) is 1.26. The Morgan fingerprint density at radius 2 is 1.97 bits per heavy atom. The van der Waals surface area contributed by atoms with E-state index in [1.807, 2.05) is 11.8 Å². The molecular weight excluding hydrogens is 384 g/mol. The molecule has 0 aliphatic carbocycles. The van der Waals surface area contributed by atoms with Gasteiger partial charge < -0.3 is 14.8 Å². The van der Waals surface area contributed by atoms with E-state index in [9.17, 15) is 14.4 Å². The summed E-state index contributed by atoms with van der Waals surface area (Å²) < 4.78 is 0. The van der Waals surface area contributed by atoms with E-state index in [1.165, 1.54) is 18.6 Å². The number of hydrogen-bond acceptors (Lipinski definition) is 6. The zero-order valence-electron chi connectivity index (χ0n) is 17.1. The molecular formula is C21H26N6O3. The Morgan fingerprint density at radius 3 is 2.67 bits per heavy atom. The molecule has 0 radical (unpaired) electrons. The van der Waals surface area contributed by atoms with E-state index in [0.717, 1.165) is 25.0 Å². The minimum absolute atomic E-state index is 0.146. The van der Waals surface area contributed by atoms with E-state index in [4.69, 9.17) is 4.98 Å². The third-order valence-electron chi connectivity index (χ3n) is 5.85. The van der Waals surface area contributed by atoms with Gasteiger partial charge in [-0.3, -0.25) is 19.4 Å². The van der Waals surface area contributed by atoms with Gasteiger partial charge in [-0.25, -0.2) is 9.97 Å². The fourth-order valence-corrected chi connectivity index (χ4v) is 4.16. The maximum Gasteiger partial charge on any atom is 0.274 e. The van der Waals surface area contributed by atoms with Crippen molar-refractivity contribution >= 4 is 11.8 Å². The van der Waals surface area contributed by atoms with Crippen LogP contribution in [0.25, 0.3) is 0 Å². The van der Waals surface area contributed by atoms with Gasteiger partial charge in [-0.05, 0) is 19.3 Å². The Bertz CT molecular complexity index is 982. The van der Waals surface area contributed by atoms with E-state index in [2.05, 4.69) is 15.0 Å². The first-order valence-electron chi connectivity index (χ1n) is 10.5. The third-order valence-corrected chi connectivity index (χ3v) is 5.85. The molecule has 2 amide bonds. The first kappa shape index (κ1) is 20.2. The number of nitrogens with zero attached hydrogens (tertiary/aromatic N) is 5. The van der Waals surface area contributed by atoms with Crippen molar-refractivity contribution in [1.82, 2.24) is 29.7 Å². The first-order valence-corrected chi connectivity index (χ1v) is 10.5. The lowest BCUT2D eigenvalue weighted by atomic mass is 9.95. The number of aromatic amines is 1. The molecule has 0 aromatic carbocycles. The highest BCUT2D eigenvalue weighted by atomic mass is 16.2. The molecule has 2 aliphatic rings. The van der Waals surface area contributed by atoms with Gasteiger partial charge in [0.05, 0.1) is 24.0 Å². The van der Waals surface area contributed by atoms with Crippen LogP contribution in [-0.2, 0) is 17.8 Å². The van der Waals surface area contributed by atoms with Crippen LogP contribution in [0.4, 0.5) is 0 Å². The average Bonchev–Trinajstić information content (AvgIpc) is 2.79. The van der Waals surface area contributed by atoms with Crippen LogP contribution in [0.2, 0.25) is 0 Å². The summed E-state index contributed by atoms with van der Waals surface area (Å²) in [6, 6.07) is 0. The fourth-order valence-electron chi connectivity index (χ4n) is 4.16. The number of nitrogens with one attached hydrogen (secondary N) is 1. The van der Waals surface area contributed by atoms with Crippen molar-refractivity contribution in [2.24, 2.45) is 0 Å². The Kier molecular flexibility index (Phi) is 5.87. The summed E-state index contributed by atoms with van der Waals surface area (Å²) in [5, 5.41) is 0. The fraction of sp³-hybridized carbons (Fsp3) is 0.524. The van der Waals surface area contributed by atoms with Crippen LogP contribution in [-0.4, -0.2) is 61.2 Å². The molecule has 2 aromatic heterocycles. The molecule has 2 aromatic rings. The van der Waals surface area contributed by atoms with Crippen LogP contribution >= 0.6 is 0 Å². The Labute approximate surface area is 174 Å². The summed E-state index contributed by atoms with van der Waals surface area (Å²) >= 11 is 0. The largest absolute Gasteiger partial charge is 0.343 e. The van der Waals surface area contributed by atoms with E-state index in [1.54, 1.807) is 4.90 Å². The van der Waals surface area contributed by atoms with Gasteiger partial charge in [0, 0.05) is 50.8 Å². The lowest BCUT2D eigenvalue weighted by Gasteiger charge is -2.32. The van der Waals surface area contributed by atoms with Crippen LogP contribution in [0.1, 0.15) is 66.1 Å². The molecule has 0 spiro atoms. The van der Waals surface area contributed by atoms with Gasteiger partial charge in [0.25, 0.3) is 11.5 Å². The van der Waals surface area contributed by atoms with Gasteiger partial charge in [-0.2, -0.15) is 0 Å². The number of rotatable bonds is 4. The minimum atomic E-state index is -0.235. The molecule has 2 aliphatic heterocycles. The second-order valence-electron chi connectivity index (χ2n) is 7.85. The quantitative estimate of drug-likeness (QED) is 0.812. The number of amides is 2. The number of H-pyrrole nitrogens is 1. The van der Waals surface area contributed by atoms with Crippen molar-refractivity contribution in [2.45, 2.75) is 51.5 Å². The number of hydrogen-bond donors (Lipinski definition) is 1. The standard InChI is InChI=1S/C21H26N6O3/c1-2-3-18(28)26-9-4-14(5-10-26)19-24-16-6-11-27(13-15(16)20(29)25-19)21(30)17-12-22-7-8-23-17/h7-8,12,14H,2-6,9-11,13H2,1H3,(H,24,25,29). The van der Waals surface area contributed by atoms with Gasteiger partial charge in [-0.15, -0.1) is 0 Å². The molecule has 4 heterocycles. The summed E-state index contributed by atoms with van der Waals surface area (Å²) in [6.07, 6.45) is 8.00. The zero-order valence-corrected chi connectivity index (χ0v) is 17.1. The maximum atomic E-state index is 12.8. The molecule has 1 N–H and O–H groups in total. The second kappa shape index (κ2) is 8.73. The van der Waals surface area contributed by atoms with Crippen LogP contribution < -0.4 is 5.56 Å². The van der Waals surface area contributed by atoms with Crippen LogP contribution in [0.15, 0.2) is 23.4 Å². The van der Waals surface area contributed by atoms with E-state index < -0.39 is 0 Å². The summed E-state index contributed by atoms with van der Waals surface area (Å²) in [5.74, 6) is 0.819. The molecule has 0 unspecified atom stereocenters. The summed E-state index contributed by atoms with van der Waals surface area (Å²) in [5.41, 5.74) is 1.39. The van der Waals surface area contributed by atoms with Crippen molar-refractivity contribution < 1.29 is 9.59 Å². The van der Waals surface area contributed by atoms with Crippen molar-refractivity contribution in [3.8, 4) is 0 Å². The molecule has 158 valence electrons. The second-order valence-corrected chi connectivity index (χ2v) is 7.85. The van der Waals surface area contributed by atoms with Gasteiger partial charge in [-0.1, -0.05) is 6.92 Å². The van der Waals surface area contributed by atoms with Crippen molar-refractivity contribution in [3.05, 3.63) is 51.7 Å². The molecule has 4 rings (SSSR count). The number of aromatic nitrogens is 4. The van der Waals surface area contributed by atoms with Crippen LogP contribution in [0, 0.1) is 0 Å². The summed E-state index contributed by atoms with van der Waals surface area (Å²) in [7, 11) is 0. The number of piperidine rings is 1. The molecule has 9 nitrogen and oxygen atoms in total. The predicted molar refractivity (Wildman–Crippen MR) is 109 cm³/mol. The molecule has 1 fully saturated rings. The van der Waals surface area contributed by atoms with E-state index >= 15 is 0 Å². The van der Waals surface area contributed by atoms with Crippen LogP contribution in [0.5, 0.6) is 0 Å². The number of carbonyl (C=O) groups excluding carboxylic acids is 2. The van der Waals surface area contributed by atoms with Crippen molar-refractivity contribution in [1.29, 1.82) is 0 Å². The maximum absolute atomic E-state index is 12.8. The lowest BCUT2D eigenvalue weighted by Crippen LogP contribution is -2.41. The highest BCUT2D eigenvalue weighted by Crippen LogP contribution is 2.27. The molecule has 9 heteroatoms. The lowest BCUT2D eigenvalue weighted by molar-refractivity contribution is -0.132. The number of carbonyl (C=O) groups is 2. The van der Waals surface area contributed by atoms with Crippen molar-refractivity contribution in [3.63, 3.8) is 0 Å². The number of fused-ring (bicyclic) bond motifs is 1. The monoisotopic (exact) mass is 410 g/mol. The Balaban J connectivity index is 1.46. The first-order chi connectivity index (χ1) is 14.6. The highest BCUT2D eigenvalue weighted by molar-refractivity contribution is 5.92. The summed E-state index contributed by atoms with van der Waals surface area (Å²) in [6.45, 7) is 4.11. The molecule has 0 bridgehead atoms. The Morgan fingerprint density at radius 1 is 1.17 bits per heavy atom. The van der Waals surface area contributed by atoms with Gasteiger partial charge in [0.15, 0.2) is 0 Å². The van der Waals surface area contributed by atoms with E-state index in [0.29, 0.717) is 43.9 Å². The third kappa shape index (κ3) is 4.10. The zero-order chi connectivity index (χ0) is 21.1. The average molecular weight is 410 g/mol. The molecule has 1 saturated heterocycles. The molecule has 30 heavy (non-hydrogen) atoms. The number of likely N-dealkylation sites (tertiary alicyclic amines) is 1. The van der Waals surface area contributed by atoms with Gasteiger partial charge in [0.2, 0.25) is 5.91 Å². The van der Waals surface area contributed by atoms with Crippen molar-refractivity contribution in [2.75, 3.05) is 19.6 Å². The van der Waals surface area contributed by atoms with Crippen LogP contribution in [0.3, 0.4) is 0 Å². The van der Waals surface area contributed by atoms with Gasteiger partial charge >= 0.3 is 0 Å². The SMILES string of the molecule is CCCC(=O)N1CCC(c2nc3c(c(=O)[nH]2)CN(C(=O)c2cnccn2)CC3)CC1. The molecule has 0 saturated carbocycles. The topological polar surface area (TPSA) is 112 Å².